The Bertz CT molecular complexity index is 962. The van der Waals surface area contributed by atoms with E-state index in [9.17, 15) is 20.2 Å². The third-order valence-electron chi connectivity index (χ3n) is 4.11. The number of hydrogen-bond donors (Lipinski definition) is 2. The number of benzene rings is 2. The number of carbonyl (C=O) groups is 1. The van der Waals surface area contributed by atoms with E-state index < -0.39 is 10.8 Å². The average Bonchev–Trinajstić information content (AvgIpc) is 2.70. The molecule has 0 fully saturated rings. The predicted molar refractivity (Wildman–Crippen MR) is 109 cm³/mol. The highest BCUT2D eigenvalue weighted by Crippen LogP contribution is 2.26. The van der Waals surface area contributed by atoms with Crippen molar-refractivity contribution in [3.63, 3.8) is 0 Å². The smallest absolute Gasteiger partial charge is 0.269 e. The van der Waals surface area contributed by atoms with Crippen LogP contribution in [0.2, 0.25) is 0 Å². The van der Waals surface area contributed by atoms with Crippen LogP contribution in [0.15, 0.2) is 54.2 Å². The number of nitriles is 1. The molecule has 0 aliphatic rings. The molecule has 0 aliphatic heterocycles. The van der Waals surface area contributed by atoms with Gasteiger partial charge in [0.25, 0.3) is 11.6 Å². The lowest BCUT2D eigenvalue weighted by atomic mass is 10.0. The molecule has 0 spiro atoms. The first-order chi connectivity index (χ1) is 13.8. The van der Waals surface area contributed by atoms with Crippen molar-refractivity contribution in [2.75, 3.05) is 11.9 Å². The number of anilines is 1. The van der Waals surface area contributed by atoms with E-state index in [0.29, 0.717) is 12.3 Å². The monoisotopic (exact) mass is 394 g/mol. The molecular formula is C21H22N4O4. The van der Waals surface area contributed by atoms with Crippen LogP contribution < -0.4 is 15.4 Å². The highest BCUT2D eigenvalue weighted by molar-refractivity contribution is 6.06. The molecule has 1 atom stereocenters. The highest BCUT2D eigenvalue weighted by atomic mass is 16.6. The van der Waals surface area contributed by atoms with E-state index in [2.05, 4.69) is 10.6 Å². The van der Waals surface area contributed by atoms with Gasteiger partial charge in [-0.2, -0.15) is 5.26 Å². The summed E-state index contributed by atoms with van der Waals surface area (Å²) in [5.41, 5.74) is 2.12. The summed E-state index contributed by atoms with van der Waals surface area (Å²) in [5.74, 6) is 0.121. The quantitative estimate of drug-likeness (QED) is 0.302. The number of nitro benzene ring substituents is 1. The summed E-state index contributed by atoms with van der Waals surface area (Å²) in [6.07, 6.45) is 1.35. The normalized spacial score (nSPS) is 11.9. The Morgan fingerprint density at radius 3 is 2.59 bits per heavy atom. The first-order valence-electron chi connectivity index (χ1n) is 9.01. The molecule has 1 amide bonds. The molecule has 0 aromatic heterocycles. The van der Waals surface area contributed by atoms with Gasteiger partial charge >= 0.3 is 0 Å². The van der Waals surface area contributed by atoms with Crippen molar-refractivity contribution in [1.29, 1.82) is 5.26 Å². The van der Waals surface area contributed by atoms with E-state index >= 15 is 0 Å². The third kappa shape index (κ3) is 5.81. The number of amides is 1. The van der Waals surface area contributed by atoms with Crippen LogP contribution in [0.4, 0.5) is 11.4 Å². The van der Waals surface area contributed by atoms with Crippen LogP contribution in [0.3, 0.4) is 0 Å². The fourth-order valence-corrected chi connectivity index (χ4v) is 2.60. The molecule has 0 radical (unpaired) electrons. The maximum absolute atomic E-state index is 12.3. The maximum atomic E-state index is 12.3. The van der Waals surface area contributed by atoms with Crippen molar-refractivity contribution < 1.29 is 14.5 Å². The van der Waals surface area contributed by atoms with Gasteiger partial charge in [0.05, 0.1) is 17.6 Å². The molecule has 0 aliphatic carbocycles. The standard InChI is InChI=1S/C21H22N4O4/c1-4-29-20-10-5-14(2)11-19(20)15(3)23-13-16(12-22)21(26)24-17-6-8-18(9-7-17)25(27)28/h5-11,13,15,23H,4H2,1-3H3,(H,24,26)/b16-13-. The summed E-state index contributed by atoms with van der Waals surface area (Å²) >= 11 is 0. The summed E-state index contributed by atoms with van der Waals surface area (Å²) in [4.78, 5) is 22.5. The van der Waals surface area contributed by atoms with Gasteiger partial charge in [-0.15, -0.1) is 0 Å². The Labute approximate surface area is 169 Å². The molecule has 1 unspecified atom stereocenters. The van der Waals surface area contributed by atoms with E-state index in [1.54, 1.807) is 0 Å². The second-order valence-corrected chi connectivity index (χ2v) is 6.29. The van der Waals surface area contributed by atoms with Crippen molar-refractivity contribution in [3.05, 3.63) is 75.5 Å². The van der Waals surface area contributed by atoms with Crippen LogP contribution in [0.25, 0.3) is 0 Å². The van der Waals surface area contributed by atoms with Gasteiger partial charge in [0.2, 0.25) is 0 Å². The summed E-state index contributed by atoms with van der Waals surface area (Å²) < 4.78 is 5.65. The SMILES string of the molecule is CCOc1ccc(C)cc1C(C)N/C=C(/C#N)C(=O)Nc1ccc([N+](=O)[O-])cc1. The molecule has 0 heterocycles. The van der Waals surface area contributed by atoms with E-state index in [1.165, 1.54) is 30.5 Å². The van der Waals surface area contributed by atoms with E-state index in [0.717, 1.165) is 16.9 Å². The first-order valence-corrected chi connectivity index (χ1v) is 9.01. The molecule has 2 aromatic rings. The molecule has 0 saturated heterocycles. The van der Waals surface area contributed by atoms with Gasteiger partial charge in [0.1, 0.15) is 17.4 Å². The Kier molecular flexibility index (Phi) is 7.32. The first kappa shape index (κ1) is 21.4. The van der Waals surface area contributed by atoms with Gasteiger partial charge in [-0.3, -0.25) is 14.9 Å². The highest BCUT2D eigenvalue weighted by Gasteiger charge is 2.14. The van der Waals surface area contributed by atoms with Crippen molar-refractivity contribution in [3.8, 4) is 11.8 Å². The van der Waals surface area contributed by atoms with Gasteiger partial charge in [-0.1, -0.05) is 17.7 Å². The number of aryl methyl sites for hydroxylation is 1. The van der Waals surface area contributed by atoms with Crippen molar-refractivity contribution >= 4 is 17.3 Å². The van der Waals surface area contributed by atoms with E-state index in [1.807, 2.05) is 45.0 Å². The van der Waals surface area contributed by atoms with E-state index in [-0.39, 0.29) is 17.3 Å². The number of non-ortho nitro benzene ring substituents is 1. The van der Waals surface area contributed by atoms with Gasteiger partial charge in [0.15, 0.2) is 0 Å². The zero-order valence-corrected chi connectivity index (χ0v) is 16.4. The van der Waals surface area contributed by atoms with Crippen molar-refractivity contribution in [2.24, 2.45) is 0 Å². The lowest BCUT2D eigenvalue weighted by molar-refractivity contribution is -0.384. The fraction of sp³-hybridized carbons (Fsp3) is 0.238. The topological polar surface area (TPSA) is 117 Å². The third-order valence-corrected chi connectivity index (χ3v) is 4.11. The Balaban J connectivity index is 2.11. The van der Waals surface area contributed by atoms with Crippen LogP contribution in [-0.4, -0.2) is 17.4 Å². The Morgan fingerprint density at radius 1 is 1.31 bits per heavy atom. The summed E-state index contributed by atoms with van der Waals surface area (Å²) in [7, 11) is 0. The van der Waals surface area contributed by atoms with Crippen molar-refractivity contribution in [1.82, 2.24) is 5.32 Å². The number of nitro groups is 1. The Morgan fingerprint density at radius 2 is 2.00 bits per heavy atom. The molecule has 2 rings (SSSR count). The summed E-state index contributed by atoms with van der Waals surface area (Å²) in [6.45, 7) is 6.30. The second kappa shape index (κ2) is 9.90. The minimum atomic E-state index is -0.615. The lowest BCUT2D eigenvalue weighted by Gasteiger charge is -2.18. The number of rotatable bonds is 8. The van der Waals surface area contributed by atoms with Gasteiger partial charge < -0.3 is 15.4 Å². The lowest BCUT2D eigenvalue weighted by Crippen LogP contribution is -2.19. The predicted octanol–water partition coefficient (Wildman–Crippen LogP) is 4.00. The minimum Gasteiger partial charge on any atom is -0.494 e. The van der Waals surface area contributed by atoms with Gasteiger partial charge in [-0.05, 0) is 39.0 Å². The van der Waals surface area contributed by atoms with Gasteiger partial charge in [0, 0.05) is 29.6 Å². The zero-order valence-electron chi connectivity index (χ0n) is 16.4. The zero-order chi connectivity index (χ0) is 21.4. The molecule has 0 bridgehead atoms. The van der Waals surface area contributed by atoms with Crippen molar-refractivity contribution in [2.45, 2.75) is 26.8 Å². The molecule has 150 valence electrons. The number of nitrogens with zero attached hydrogens (tertiary/aromatic N) is 2. The molecule has 8 nitrogen and oxygen atoms in total. The largest absolute Gasteiger partial charge is 0.494 e. The van der Waals surface area contributed by atoms with Crippen LogP contribution in [0.5, 0.6) is 5.75 Å². The number of hydrogen-bond acceptors (Lipinski definition) is 6. The molecule has 2 N–H and O–H groups in total. The fourth-order valence-electron chi connectivity index (χ4n) is 2.60. The molecule has 29 heavy (non-hydrogen) atoms. The van der Waals surface area contributed by atoms with Crippen LogP contribution in [0, 0.1) is 28.4 Å². The molecule has 2 aromatic carbocycles. The maximum Gasteiger partial charge on any atom is 0.269 e. The minimum absolute atomic E-state index is 0.0854. The van der Waals surface area contributed by atoms with Crippen LogP contribution in [0.1, 0.15) is 31.0 Å². The second-order valence-electron chi connectivity index (χ2n) is 6.29. The van der Waals surface area contributed by atoms with Crippen LogP contribution >= 0.6 is 0 Å². The molecule has 8 heteroatoms. The number of ether oxygens (including phenoxy) is 1. The molecule has 0 saturated carbocycles. The van der Waals surface area contributed by atoms with Gasteiger partial charge in [-0.25, -0.2) is 0 Å². The average molecular weight is 394 g/mol. The number of nitrogens with one attached hydrogen (secondary N) is 2. The Hall–Kier alpha value is -3.86. The van der Waals surface area contributed by atoms with E-state index in [4.69, 9.17) is 4.74 Å². The molecular weight excluding hydrogens is 372 g/mol. The summed E-state index contributed by atoms with van der Waals surface area (Å²) in [6, 6.07) is 12.8. The summed E-state index contributed by atoms with van der Waals surface area (Å²) in [5, 5.41) is 25.6. The van der Waals surface area contributed by atoms with Crippen LogP contribution in [-0.2, 0) is 4.79 Å². The number of carbonyl (C=O) groups excluding carboxylic acids is 1.